The van der Waals surface area contributed by atoms with E-state index in [1.165, 1.54) is 11.3 Å². The highest BCUT2D eigenvalue weighted by molar-refractivity contribution is 7.07. The SMILES string of the molecule is O=C(CNC(=O)c1ccc(F)c(F)c1)NCc1cscn1. The number of thiazole rings is 1. The molecular weight excluding hydrogens is 300 g/mol. The minimum atomic E-state index is -1.12. The summed E-state index contributed by atoms with van der Waals surface area (Å²) in [6.45, 7) is 0.00530. The van der Waals surface area contributed by atoms with Crippen molar-refractivity contribution in [2.45, 2.75) is 6.54 Å². The molecule has 2 aromatic rings. The van der Waals surface area contributed by atoms with Crippen LogP contribution in [-0.2, 0) is 11.3 Å². The topological polar surface area (TPSA) is 71.1 Å². The minimum absolute atomic E-state index is 0.0544. The van der Waals surface area contributed by atoms with Gasteiger partial charge in [0.15, 0.2) is 11.6 Å². The predicted molar refractivity (Wildman–Crippen MR) is 72.7 cm³/mol. The van der Waals surface area contributed by atoms with Crippen LogP contribution in [0.4, 0.5) is 8.78 Å². The van der Waals surface area contributed by atoms with Crippen LogP contribution in [0, 0.1) is 11.6 Å². The lowest BCUT2D eigenvalue weighted by molar-refractivity contribution is -0.120. The molecule has 2 rings (SSSR count). The molecule has 5 nitrogen and oxygen atoms in total. The number of nitrogens with zero attached hydrogens (tertiary/aromatic N) is 1. The van der Waals surface area contributed by atoms with Crippen molar-refractivity contribution >= 4 is 23.2 Å². The van der Waals surface area contributed by atoms with Gasteiger partial charge in [-0.15, -0.1) is 11.3 Å². The molecular formula is C13H11F2N3O2S. The fraction of sp³-hybridized carbons (Fsp3) is 0.154. The van der Waals surface area contributed by atoms with Crippen LogP contribution in [-0.4, -0.2) is 23.3 Å². The molecule has 0 unspecified atom stereocenters. The van der Waals surface area contributed by atoms with Gasteiger partial charge in [0, 0.05) is 10.9 Å². The molecule has 0 atom stereocenters. The van der Waals surface area contributed by atoms with Gasteiger partial charge in [-0.1, -0.05) is 0 Å². The van der Waals surface area contributed by atoms with Gasteiger partial charge < -0.3 is 10.6 Å². The van der Waals surface area contributed by atoms with Crippen LogP contribution < -0.4 is 10.6 Å². The summed E-state index contributed by atoms with van der Waals surface area (Å²) < 4.78 is 25.7. The van der Waals surface area contributed by atoms with Crippen LogP contribution in [0.15, 0.2) is 29.1 Å². The van der Waals surface area contributed by atoms with Crippen LogP contribution in [0.2, 0.25) is 0 Å². The number of aromatic nitrogens is 1. The molecule has 0 saturated carbocycles. The average molecular weight is 311 g/mol. The number of carbonyl (C=O) groups excluding carboxylic acids is 2. The first kappa shape index (κ1) is 15.0. The second kappa shape index (κ2) is 6.89. The van der Waals surface area contributed by atoms with Gasteiger partial charge in [-0.05, 0) is 18.2 Å². The molecule has 0 aliphatic carbocycles. The molecule has 0 aliphatic rings. The third-order valence-corrected chi connectivity index (χ3v) is 3.18. The Morgan fingerprint density at radius 1 is 1.19 bits per heavy atom. The minimum Gasteiger partial charge on any atom is -0.349 e. The zero-order valence-corrected chi connectivity index (χ0v) is 11.5. The van der Waals surface area contributed by atoms with Crippen molar-refractivity contribution in [1.82, 2.24) is 15.6 Å². The number of hydrogen-bond donors (Lipinski definition) is 2. The Bertz CT molecular complexity index is 647. The lowest BCUT2D eigenvalue weighted by Gasteiger charge is -2.06. The van der Waals surface area contributed by atoms with Crippen molar-refractivity contribution in [3.63, 3.8) is 0 Å². The summed E-state index contributed by atoms with van der Waals surface area (Å²) in [6, 6.07) is 2.77. The standard InChI is InChI=1S/C13H11F2N3O2S/c14-10-2-1-8(3-11(10)15)13(20)17-5-12(19)16-4-9-6-21-7-18-9/h1-3,6-7H,4-5H2,(H,16,19)(H,17,20). The van der Waals surface area contributed by atoms with Crippen molar-refractivity contribution in [2.24, 2.45) is 0 Å². The summed E-state index contributed by atoms with van der Waals surface area (Å²) in [5, 5.41) is 6.68. The maximum absolute atomic E-state index is 13.0. The zero-order chi connectivity index (χ0) is 15.2. The monoisotopic (exact) mass is 311 g/mol. The molecule has 1 heterocycles. The van der Waals surface area contributed by atoms with Crippen molar-refractivity contribution in [3.8, 4) is 0 Å². The Morgan fingerprint density at radius 2 is 2.00 bits per heavy atom. The molecule has 0 radical (unpaired) electrons. The van der Waals surface area contributed by atoms with Gasteiger partial charge in [0.2, 0.25) is 5.91 Å². The van der Waals surface area contributed by atoms with E-state index in [2.05, 4.69) is 15.6 Å². The van der Waals surface area contributed by atoms with Gasteiger partial charge in [-0.2, -0.15) is 0 Å². The summed E-state index contributed by atoms with van der Waals surface area (Å²) in [5.74, 6) is -3.21. The summed E-state index contributed by atoms with van der Waals surface area (Å²) >= 11 is 1.41. The molecule has 8 heteroatoms. The molecule has 0 saturated heterocycles. The van der Waals surface area contributed by atoms with Crippen LogP contribution in [0.5, 0.6) is 0 Å². The number of benzene rings is 1. The van der Waals surface area contributed by atoms with E-state index in [1.54, 1.807) is 10.9 Å². The van der Waals surface area contributed by atoms with E-state index in [9.17, 15) is 18.4 Å². The highest BCUT2D eigenvalue weighted by atomic mass is 32.1. The van der Waals surface area contributed by atoms with E-state index in [0.717, 1.165) is 23.9 Å². The molecule has 0 spiro atoms. The highest BCUT2D eigenvalue weighted by Gasteiger charge is 2.11. The molecule has 2 amide bonds. The Morgan fingerprint density at radius 3 is 2.67 bits per heavy atom. The second-order valence-electron chi connectivity index (χ2n) is 4.07. The van der Waals surface area contributed by atoms with E-state index in [1.807, 2.05) is 0 Å². The van der Waals surface area contributed by atoms with Gasteiger partial charge in [-0.3, -0.25) is 9.59 Å². The van der Waals surface area contributed by atoms with Crippen LogP contribution >= 0.6 is 11.3 Å². The van der Waals surface area contributed by atoms with Crippen molar-refractivity contribution < 1.29 is 18.4 Å². The summed E-state index contributed by atoms with van der Waals surface area (Å²) in [6.07, 6.45) is 0. The third kappa shape index (κ3) is 4.32. The van der Waals surface area contributed by atoms with Gasteiger partial charge in [0.1, 0.15) is 0 Å². The van der Waals surface area contributed by atoms with Crippen molar-refractivity contribution in [1.29, 1.82) is 0 Å². The average Bonchev–Trinajstić information content (AvgIpc) is 2.98. The van der Waals surface area contributed by atoms with E-state index in [4.69, 9.17) is 0 Å². The summed E-state index contributed by atoms with van der Waals surface area (Å²) in [7, 11) is 0. The Labute approximate surface area is 123 Å². The van der Waals surface area contributed by atoms with Crippen LogP contribution in [0.25, 0.3) is 0 Å². The number of hydrogen-bond acceptors (Lipinski definition) is 4. The van der Waals surface area contributed by atoms with E-state index in [-0.39, 0.29) is 18.7 Å². The number of amides is 2. The van der Waals surface area contributed by atoms with Crippen LogP contribution in [0.3, 0.4) is 0 Å². The molecule has 21 heavy (non-hydrogen) atoms. The molecule has 110 valence electrons. The molecule has 0 bridgehead atoms. The smallest absolute Gasteiger partial charge is 0.251 e. The Balaban J connectivity index is 1.80. The van der Waals surface area contributed by atoms with Crippen LogP contribution in [0.1, 0.15) is 16.1 Å². The fourth-order valence-electron chi connectivity index (χ4n) is 1.48. The maximum Gasteiger partial charge on any atom is 0.251 e. The van der Waals surface area contributed by atoms with E-state index < -0.39 is 23.4 Å². The van der Waals surface area contributed by atoms with Gasteiger partial charge in [0.05, 0.1) is 24.3 Å². The number of halogens is 2. The number of carbonyl (C=O) groups is 2. The molecule has 2 N–H and O–H groups in total. The predicted octanol–water partition coefficient (Wildman–Crippen LogP) is 1.47. The number of rotatable bonds is 5. The first-order chi connectivity index (χ1) is 10.1. The zero-order valence-electron chi connectivity index (χ0n) is 10.7. The normalized spacial score (nSPS) is 10.2. The first-order valence-corrected chi connectivity index (χ1v) is 6.87. The van der Waals surface area contributed by atoms with E-state index in [0.29, 0.717) is 0 Å². The molecule has 1 aromatic carbocycles. The fourth-order valence-corrected chi connectivity index (χ4v) is 2.03. The molecule has 0 fully saturated rings. The lowest BCUT2D eigenvalue weighted by Crippen LogP contribution is -2.36. The van der Waals surface area contributed by atoms with Crippen molar-refractivity contribution in [2.75, 3.05) is 6.54 Å². The Kier molecular flexibility index (Phi) is 4.94. The largest absolute Gasteiger partial charge is 0.349 e. The summed E-state index contributed by atoms with van der Waals surface area (Å²) in [4.78, 5) is 27.2. The quantitative estimate of drug-likeness (QED) is 0.878. The Hall–Kier alpha value is -2.35. The third-order valence-electron chi connectivity index (χ3n) is 2.54. The van der Waals surface area contributed by atoms with Gasteiger partial charge in [-0.25, -0.2) is 13.8 Å². The van der Waals surface area contributed by atoms with E-state index >= 15 is 0 Å². The van der Waals surface area contributed by atoms with Crippen molar-refractivity contribution in [3.05, 3.63) is 52.0 Å². The summed E-state index contributed by atoms with van der Waals surface area (Å²) in [5.41, 5.74) is 2.31. The van der Waals surface area contributed by atoms with Gasteiger partial charge >= 0.3 is 0 Å². The highest BCUT2D eigenvalue weighted by Crippen LogP contribution is 2.08. The maximum atomic E-state index is 13.0. The second-order valence-corrected chi connectivity index (χ2v) is 4.79. The lowest BCUT2D eigenvalue weighted by atomic mass is 10.2. The van der Waals surface area contributed by atoms with Gasteiger partial charge in [0.25, 0.3) is 5.91 Å². The molecule has 0 aliphatic heterocycles. The first-order valence-electron chi connectivity index (χ1n) is 5.93. The molecule has 1 aromatic heterocycles. The number of nitrogens with one attached hydrogen (secondary N) is 2.